The van der Waals surface area contributed by atoms with Gasteiger partial charge in [-0.25, -0.2) is 14.6 Å². The van der Waals surface area contributed by atoms with E-state index in [1.807, 2.05) is 18.2 Å². The molecule has 0 saturated heterocycles. The fraction of sp³-hybridized carbons (Fsp3) is 0.172. The van der Waals surface area contributed by atoms with Crippen LogP contribution >= 0.6 is 0 Å². The van der Waals surface area contributed by atoms with E-state index in [0.29, 0.717) is 22.9 Å². The van der Waals surface area contributed by atoms with Gasteiger partial charge in [0.15, 0.2) is 5.84 Å². The van der Waals surface area contributed by atoms with E-state index >= 15 is 0 Å². The van der Waals surface area contributed by atoms with E-state index < -0.39 is 18.0 Å². The smallest absolute Gasteiger partial charge is 0.323 e. The molecule has 4 rings (SSSR count). The Kier molecular flexibility index (Phi) is 8.98. The third-order valence-corrected chi connectivity index (χ3v) is 6.09. The molecule has 204 valence electrons. The van der Waals surface area contributed by atoms with Crippen molar-refractivity contribution in [2.45, 2.75) is 12.8 Å². The highest BCUT2D eigenvalue weighted by Gasteiger charge is 2.15. The first-order valence-electron chi connectivity index (χ1n) is 12.6. The van der Waals surface area contributed by atoms with Gasteiger partial charge in [-0.05, 0) is 79.7 Å². The average Bonchev–Trinajstić information content (AvgIpc) is 3.50. The van der Waals surface area contributed by atoms with Gasteiger partial charge in [0.1, 0.15) is 0 Å². The molecule has 40 heavy (non-hydrogen) atoms. The highest BCUT2D eigenvalue weighted by Crippen LogP contribution is 2.23. The minimum atomic E-state index is -0.572. The maximum absolute atomic E-state index is 12.8. The normalized spacial score (nSPS) is 12.7. The summed E-state index contributed by atoms with van der Waals surface area (Å²) >= 11 is 0. The number of amides is 5. The minimum Gasteiger partial charge on any atom is -0.355 e. The van der Waals surface area contributed by atoms with Crippen molar-refractivity contribution in [3.63, 3.8) is 0 Å². The van der Waals surface area contributed by atoms with Crippen molar-refractivity contribution in [2.75, 3.05) is 41.9 Å². The lowest BCUT2D eigenvalue weighted by Gasteiger charge is -2.14. The second kappa shape index (κ2) is 13.0. The summed E-state index contributed by atoms with van der Waals surface area (Å²) in [6.07, 6.45) is 1.95. The van der Waals surface area contributed by atoms with Gasteiger partial charge in [0.05, 0.1) is 11.3 Å². The number of nitrogens with one attached hydrogen (secondary N) is 5. The standard InChI is InChI=1S/C29H30N8O3/c1-30-26(31-2)18-9-11-20(12-10-18)34-29(40)37-25-17-22(13-14-23(25)27(38)32-3)36-28(39)35-21-7-4-6-19(16-21)24-8-5-15-33-24/h4,6-7,9-14,16-17H,1,5,8,15H2,2-3H3,(H,32,38)(H2,34,37,40)(H2,35,36,39). The zero-order chi connectivity index (χ0) is 28.5. The molecule has 11 heteroatoms. The monoisotopic (exact) mass is 538 g/mol. The zero-order valence-electron chi connectivity index (χ0n) is 22.2. The van der Waals surface area contributed by atoms with E-state index in [2.05, 4.69) is 48.3 Å². The Hall–Kier alpha value is -5.32. The predicted octanol–water partition coefficient (Wildman–Crippen LogP) is 4.99. The topological polar surface area (TPSA) is 148 Å². The molecule has 1 heterocycles. The number of rotatable bonds is 7. The molecule has 0 aliphatic carbocycles. The number of nitrogens with zero attached hydrogens (tertiary/aromatic N) is 3. The minimum absolute atomic E-state index is 0.212. The molecule has 0 saturated carbocycles. The quantitative estimate of drug-likeness (QED) is 0.213. The molecule has 0 aromatic heterocycles. The third-order valence-electron chi connectivity index (χ3n) is 6.09. The summed E-state index contributed by atoms with van der Waals surface area (Å²) in [5.74, 6) is 0.0843. The first kappa shape index (κ1) is 27.7. The Bertz CT molecular complexity index is 1500. The fourth-order valence-electron chi connectivity index (χ4n) is 4.18. The molecule has 5 N–H and O–H groups in total. The zero-order valence-corrected chi connectivity index (χ0v) is 22.2. The lowest BCUT2D eigenvalue weighted by atomic mass is 10.1. The highest BCUT2D eigenvalue weighted by atomic mass is 16.2. The van der Waals surface area contributed by atoms with Gasteiger partial charge in [-0.3, -0.25) is 14.8 Å². The van der Waals surface area contributed by atoms with Crippen molar-refractivity contribution in [2.24, 2.45) is 15.0 Å². The number of carbonyl (C=O) groups excluding carboxylic acids is 3. The summed E-state index contributed by atoms with van der Waals surface area (Å²) in [5.41, 5.74) is 4.72. The summed E-state index contributed by atoms with van der Waals surface area (Å²) in [7, 11) is 3.11. The van der Waals surface area contributed by atoms with Crippen molar-refractivity contribution in [3.05, 3.63) is 83.4 Å². The second-order valence-corrected chi connectivity index (χ2v) is 8.79. The number of amidine groups is 1. The summed E-state index contributed by atoms with van der Waals surface area (Å²) in [6, 6.07) is 18.0. The number of aliphatic imine (C=N–C) groups is 3. The first-order valence-corrected chi connectivity index (χ1v) is 12.6. The number of anilines is 4. The second-order valence-electron chi connectivity index (χ2n) is 8.79. The van der Waals surface area contributed by atoms with Gasteiger partial charge in [-0.2, -0.15) is 0 Å². The average molecular weight is 539 g/mol. The van der Waals surface area contributed by atoms with E-state index in [9.17, 15) is 14.4 Å². The Morgan fingerprint density at radius 2 is 1.52 bits per heavy atom. The molecule has 0 spiro atoms. The number of urea groups is 2. The van der Waals surface area contributed by atoms with Gasteiger partial charge >= 0.3 is 12.1 Å². The van der Waals surface area contributed by atoms with Gasteiger partial charge in [0.2, 0.25) is 0 Å². The van der Waals surface area contributed by atoms with Crippen LogP contribution in [0.25, 0.3) is 0 Å². The van der Waals surface area contributed by atoms with Gasteiger partial charge in [-0.15, -0.1) is 0 Å². The lowest BCUT2D eigenvalue weighted by Crippen LogP contribution is -2.25. The van der Waals surface area contributed by atoms with Crippen LogP contribution in [-0.4, -0.2) is 56.9 Å². The Labute approximate surface area is 231 Å². The van der Waals surface area contributed by atoms with Crippen LogP contribution in [0.1, 0.15) is 34.3 Å². The van der Waals surface area contributed by atoms with Crippen LogP contribution in [-0.2, 0) is 0 Å². The molecule has 3 aromatic rings. The van der Waals surface area contributed by atoms with Crippen molar-refractivity contribution in [3.8, 4) is 0 Å². The van der Waals surface area contributed by atoms with Crippen LogP contribution in [0, 0.1) is 0 Å². The molecular formula is C29H30N8O3. The van der Waals surface area contributed by atoms with E-state index in [-0.39, 0.29) is 11.3 Å². The van der Waals surface area contributed by atoms with Crippen molar-refractivity contribution in [1.29, 1.82) is 0 Å². The van der Waals surface area contributed by atoms with Crippen LogP contribution in [0.4, 0.5) is 32.3 Å². The van der Waals surface area contributed by atoms with E-state index in [0.717, 1.165) is 36.2 Å². The van der Waals surface area contributed by atoms with Crippen molar-refractivity contribution < 1.29 is 14.4 Å². The Morgan fingerprint density at radius 1 is 0.850 bits per heavy atom. The van der Waals surface area contributed by atoms with Crippen LogP contribution in [0.15, 0.2) is 81.7 Å². The Morgan fingerprint density at radius 3 is 2.17 bits per heavy atom. The summed E-state index contributed by atoms with van der Waals surface area (Å²) in [5, 5.41) is 13.5. The predicted molar refractivity (Wildman–Crippen MR) is 161 cm³/mol. The fourth-order valence-corrected chi connectivity index (χ4v) is 4.18. The highest BCUT2D eigenvalue weighted by molar-refractivity contribution is 6.09. The molecule has 0 unspecified atom stereocenters. The van der Waals surface area contributed by atoms with Gasteiger partial charge in [0, 0.05) is 49.0 Å². The molecule has 1 aliphatic rings. The van der Waals surface area contributed by atoms with Crippen LogP contribution in [0.2, 0.25) is 0 Å². The molecule has 3 aromatic carbocycles. The lowest BCUT2D eigenvalue weighted by molar-refractivity contribution is 0.0964. The summed E-state index contributed by atoms with van der Waals surface area (Å²) in [4.78, 5) is 50.3. The molecule has 11 nitrogen and oxygen atoms in total. The Balaban J connectivity index is 1.45. The number of benzene rings is 3. The third kappa shape index (κ3) is 6.95. The molecule has 0 atom stereocenters. The molecule has 0 fully saturated rings. The first-order chi connectivity index (χ1) is 19.4. The van der Waals surface area contributed by atoms with E-state index in [1.165, 1.54) is 19.2 Å². The van der Waals surface area contributed by atoms with Crippen LogP contribution in [0.3, 0.4) is 0 Å². The SMILES string of the molecule is C=NC(=NC)c1ccc(NC(=O)Nc2cc(NC(=O)Nc3cccc(C4=NCCC4)c3)ccc2C(=O)NC)cc1. The molecular weight excluding hydrogens is 508 g/mol. The van der Waals surface area contributed by atoms with Crippen LogP contribution in [0.5, 0.6) is 0 Å². The summed E-state index contributed by atoms with van der Waals surface area (Å²) in [6.45, 7) is 4.31. The number of carbonyl (C=O) groups is 3. The molecule has 5 amide bonds. The van der Waals surface area contributed by atoms with E-state index in [4.69, 9.17) is 0 Å². The van der Waals surface area contributed by atoms with E-state index in [1.54, 1.807) is 43.4 Å². The van der Waals surface area contributed by atoms with Gasteiger partial charge in [0.25, 0.3) is 5.91 Å². The largest absolute Gasteiger partial charge is 0.355 e. The molecule has 0 bridgehead atoms. The summed E-state index contributed by atoms with van der Waals surface area (Å²) < 4.78 is 0. The van der Waals surface area contributed by atoms with Gasteiger partial charge in [-0.1, -0.05) is 12.1 Å². The molecule has 1 aliphatic heterocycles. The number of hydrogen-bond acceptors (Lipinski definition) is 5. The maximum Gasteiger partial charge on any atom is 0.323 e. The van der Waals surface area contributed by atoms with Gasteiger partial charge < -0.3 is 26.6 Å². The van der Waals surface area contributed by atoms with Crippen molar-refractivity contribution >= 4 is 59.0 Å². The van der Waals surface area contributed by atoms with Crippen molar-refractivity contribution in [1.82, 2.24) is 5.32 Å². The van der Waals surface area contributed by atoms with Crippen LogP contribution < -0.4 is 26.6 Å². The molecule has 0 radical (unpaired) electrons. The maximum atomic E-state index is 12.8. The number of hydrogen-bond donors (Lipinski definition) is 5.